The molecule has 0 saturated carbocycles. The molecule has 0 aliphatic rings. The molecule has 2 heterocycles. The van der Waals surface area contributed by atoms with E-state index in [1.165, 1.54) is 43.5 Å². The van der Waals surface area contributed by atoms with Crippen LogP contribution in [0.1, 0.15) is 39.8 Å². The van der Waals surface area contributed by atoms with E-state index in [-0.39, 0.29) is 28.9 Å². The molecule has 0 saturated heterocycles. The standard InChI is InChI=1S/C20H19F3N6O3/c1-3-9-24-18(30)12-5-4-6-13(10-12)26-19(31)14-11-25-29(17(14)20(21,22)23)15-7-8-16(32-2)28-27-15/h4-8,10-11H,3,9H2,1-2H3,(H,24,30)(H,26,31). The summed E-state index contributed by atoms with van der Waals surface area (Å²) in [4.78, 5) is 24.8. The zero-order valence-electron chi connectivity index (χ0n) is 17.1. The summed E-state index contributed by atoms with van der Waals surface area (Å²) in [6.07, 6.45) is -3.38. The van der Waals surface area contributed by atoms with E-state index in [4.69, 9.17) is 4.74 Å². The topological polar surface area (TPSA) is 111 Å². The van der Waals surface area contributed by atoms with Crippen molar-refractivity contribution in [2.24, 2.45) is 0 Å². The summed E-state index contributed by atoms with van der Waals surface area (Å²) < 4.78 is 46.7. The Bertz CT molecular complexity index is 1110. The van der Waals surface area contributed by atoms with Crippen molar-refractivity contribution in [2.45, 2.75) is 19.5 Å². The van der Waals surface area contributed by atoms with Crippen LogP contribution in [0.4, 0.5) is 18.9 Å². The van der Waals surface area contributed by atoms with E-state index in [1.54, 1.807) is 0 Å². The number of anilines is 1. The molecule has 3 aromatic rings. The minimum Gasteiger partial charge on any atom is -0.480 e. The second kappa shape index (κ2) is 9.45. The van der Waals surface area contributed by atoms with Crippen LogP contribution in [0.15, 0.2) is 42.6 Å². The molecule has 3 rings (SSSR count). The minimum atomic E-state index is -4.91. The number of nitrogens with zero attached hydrogens (tertiary/aromatic N) is 4. The van der Waals surface area contributed by atoms with Gasteiger partial charge < -0.3 is 15.4 Å². The fourth-order valence-corrected chi connectivity index (χ4v) is 2.77. The third-order valence-electron chi connectivity index (χ3n) is 4.25. The van der Waals surface area contributed by atoms with E-state index < -0.39 is 23.3 Å². The van der Waals surface area contributed by atoms with Crippen LogP contribution < -0.4 is 15.4 Å². The third-order valence-corrected chi connectivity index (χ3v) is 4.25. The van der Waals surface area contributed by atoms with E-state index in [0.717, 1.165) is 12.6 Å². The van der Waals surface area contributed by atoms with E-state index >= 15 is 0 Å². The van der Waals surface area contributed by atoms with Crippen molar-refractivity contribution < 1.29 is 27.5 Å². The number of methoxy groups -OCH3 is 1. The molecule has 2 N–H and O–H groups in total. The fraction of sp³-hybridized carbons (Fsp3) is 0.250. The number of ether oxygens (including phenoxy) is 1. The van der Waals surface area contributed by atoms with Crippen molar-refractivity contribution in [2.75, 3.05) is 19.0 Å². The Balaban J connectivity index is 1.90. The molecule has 2 amide bonds. The average molecular weight is 448 g/mol. The first-order chi connectivity index (χ1) is 15.2. The Hall–Kier alpha value is -3.96. The number of benzene rings is 1. The molecule has 32 heavy (non-hydrogen) atoms. The van der Waals surface area contributed by atoms with Gasteiger partial charge in [0.2, 0.25) is 5.88 Å². The van der Waals surface area contributed by atoms with Crippen molar-refractivity contribution in [3.05, 3.63) is 59.4 Å². The molecule has 168 valence electrons. The van der Waals surface area contributed by atoms with E-state index in [0.29, 0.717) is 11.2 Å². The second-order valence-electron chi connectivity index (χ2n) is 6.54. The number of aromatic nitrogens is 4. The van der Waals surface area contributed by atoms with Gasteiger partial charge in [-0.2, -0.15) is 18.3 Å². The highest BCUT2D eigenvalue weighted by Crippen LogP contribution is 2.33. The number of rotatable bonds is 7. The third kappa shape index (κ3) is 5.02. The van der Waals surface area contributed by atoms with Gasteiger partial charge in [0.15, 0.2) is 11.5 Å². The van der Waals surface area contributed by atoms with Crippen LogP contribution in [0.3, 0.4) is 0 Å². The van der Waals surface area contributed by atoms with Crippen LogP contribution in [-0.4, -0.2) is 45.4 Å². The number of carbonyl (C=O) groups excluding carboxylic acids is 2. The van der Waals surface area contributed by atoms with Crippen LogP contribution in [0.25, 0.3) is 5.82 Å². The lowest BCUT2D eigenvalue weighted by atomic mass is 10.1. The molecule has 0 unspecified atom stereocenters. The number of carbonyl (C=O) groups is 2. The maximum atomic E-state index is 13.8. The lowest BCUT2D eigenvalue weighted by Gasteiger charge is -2.12. The van der Waals surface area contributed by atoms with Gasteiger partial charge in [-0.05, 0) is 30.7 Å². The van der Waals surface area contributed by atoms with Gasteiger partial charge >= 0.3 is 6.18 Å². The van der Waals surface area contributed by atoms with Crippen LogP contribution in [-0.2, 0) is 6.18 Å². The van der Waals surface area contributed by atoms with Gasteiger partial charge in [-0.25, -0.2) is 4.68 Å². The number of alkyl halides is 3. The maximum Gasteiger partial charge on any atom is 0.434 e. The van der Waals surface area contributed by atoms with Crippen molar-refractivity contribution in [1.29, 1.82) is 0 Å². The zero-order valence-corrected chi connectivity index (χ0v) is 17.1. The Morgan fingerprint density at radius 3 is 2.53 bits per heavy atom. The highest BCUT2D eigenvalue weighted by atomic mass is 19.4. The quantitative estimate of drug-likeness (QED) is 0.575. The van der Waals surface area contributed by atoms with Gasteiger partial charge in [-0.1, -0.05) is 13.0 Å². The molecule has 0 spiro atoms. The first kappa shape index (κ1) is 22.7. The van der Waals surface area contributed by atoms with Crippen molar-refractivity contribution in [3.63, 3.8) is 0 Å². The summed E-state index contributed by atoms with van der Waals surface area (Å²) in [6, 6.07) is 8.42. The summed E-state index contributed by atoms with van der Waals surface area (Å²) in [6.45, 7) is 2.37. The molecule has 0 radical (unpaired) electrons. The summed E-state index contributed by atoms with van der Waals surface area (Å²) in [5.74, 6) is -1.54. The lowest BCUT2D eigenvalue weighted by molar-refractivity contribution is -0.143. The molecule has 0 aliphatic heterocycles. The second-order valence-corrected chi connectivity index (χ2v) is 6.54. The zero-order chi connectivity index (χ0) is 23.3. The van der Waals surface area contributed by atoms with E-state index in [1.807, 2.05) is 6.92 Å². The molecule has 12 heteroatoms. The van der Waals surface area contributed by atoms with E-state index in [2.05, 4.69) is 25.9 Å². The largest absolute Gasteiger partial charge is 0.480 e. The van der Waals surface area contributed by atoms with Gasteiger partial charge in [-0.3, -0.25) is 9.59 Å². The smallest absolute Gasteiger partial charge is 0.434 e. The molecule has 1 aromatic carbocycles. The fourth-order valence-electron chi connectivity index (χ4n) is 2.77. The molecule has 0 atom stereocenters. The Labute approximate surface area is 180 Å². The number of hydrogen-bond donors (Lipinski definition) is 2. The van der Waals surface area contributed by atoms with Crippen LogP contribution in [0.2, 0.25) is 0 Å². The molecule has 0 fully saturated rings. The van der Waals surface area contributed by atoms with Gasteiger partial charge in [0.05, 0.1) is 18.9 Å². The summed E-state index contributed by atoms with van der Waals surface area (Å²) in [7, 11) is 1.34. The molecular weight excluding hydrogens is 429 g/mol. The SMILES string of the molecule is CCCNC(=O)c1cccc(NC(=O)c2cnn(-c3ccc(OC)nn3)c2C(F)(F)F)c1. The van der Waals surface area contributed by atoms with Gasteiger partial charge in [-0.15, -0.1) is 10.2 Å². The first-order valence-corrected chi connectivity index (χ1v) is 9.47. The number of halogens is 3. The van der Waals surface area contributed by atoms with Crippen molar-refractivity contribution >= 4 is 17.5 Å². The average Bonchev–Trinajstić information content (AvgIpc) is 3.24. The lowest BCUT2D eigenvalue weighted by Crippen LogP contribution is -2.24. The summed E-state index contributed by atoms with van der Waals surface area (Å²) in [5, 5.41) is 16.0. The Morgan fingerprint density at radius 1 is 1.12 bits per heavy atom. The first-order valence-electron chi connectivity index (χ1n) is 9.47. The summed E-state index contributed by atoms with van der Waals surface area (Å²) in [5.41, 5.74) is -1.61. The van der Waals surface area contributed by atoms with E-state index in [9.17, 15) is 22.8 Å². The Morgan fingerprint density at radius 2 is 1.91 bits per heavy atom. The highest BCUT2D eigenvalue weighted by molar-refractivity contribution is 6.06. The predicted octanol–water partition coefficient (Wildman–Crippen LogP) is 3.08. The van der Waals surface area contributed by atoms with Gasteiger partial charge in [0.25, 0.3) is 11.8 Å². The van der Waals surface area contributed by atoms with Crippen molar-refractivity contribution in [1.82, 2.24) is 25.3 Å². The van der Waals surface area contributed by atoms with Crippen molar-refractivity contribution in [3.8, 4) is 11.7 Å². The van der Waals surface area contributed by atoms with Crippen LogP contribution in [0.5, 0.6) is 5.88 Å². The number of hydrogen-bond acceptors (Lipinski definition) is 6. The number of nitrogens with one attached hydrogen (secondary N) is 2. The van der Waals surface area contributed by atoms with Gasteiger partial charge in [0, 0.05) is 23.9 Å². The number of amides is 2. The molecule has 0 aliphatic carbocycles. The maximum absolute atomic E-state index is 13.8. The molecule has 9 nitrogen and oxygen atoms in total. The molecule has 2 aromatic heterocycles. The highest BCUT2D eigenvalue weighted by Gasteiger charge is 2.41. The monoisotopic (exact) mass is 448 g/mol. The predicted molar refractivity (Wildman–Crippen MR) is 108 cm³/mol. The molecule has 0 bridgehead atoms. The van der Waals surface area contributed by atoms with Crippen LogP contribution in [0, 0.1) is 0 Å². The minimum absolute atomic E-state index is 0.107. The normalized spacial score (nSPS) is 11.2. The summed E-state index contributed by atoms with van der Waals surface area (Å²) >= 11 is 0. The molecular formula is C20H19F3N6O3. The Kier molecular flexibility index (Phi) is 6.71. The van der Waals surface area contributed by atoms with Gasteiger partial charge in [0.1, 0.15) is 0 Å². The van der Waals surface area contributed by atoms with Crippen LogP contribution >= 0.6 is 0 Å².